The molecule has 2 aliphatic rings. The molecule has 0 bridgehead atoms. The van der Waals surface area contributed by atoms with E-state index in [0.29, 0.717) is 5.57 Å². The molecule has 19 heavy (non-hydrogen) atoms. The molecule has 1 fully saturated rings. The molecule has 1 saturated heterocycles. The topological polar surface area (TPSA) is 49.4 Å². The van der Waals surface area contributed by atoms with E-state index in [1.54, 1.807) is 0 Å². The van der Waals surface area contributed by atoms with Crippen LogP contribution in [0, 0.1) is 0 Å². The molecule has 104 valence electrons. The number of rotatable bonds is 2. The van der Waals surface area contributed by atoms with Crippen molar-refractivity contribution in [3.05, 3.63) is 24.3 Å². The van der Waals surface area contributed by atoms with Crippen molar-refractivity contribution in [2.75, 3.05) is 0 Å². The molecule has 0 aromatic heterocycles. The predicted octanol–water partition coefficient (Wildman–Crippen LogP) is 1.78. The van der Waals surface area contributed by atoms with Gasteiger partial charge in [0, 0.05) is 28.8 Å². The summed E-state index contributed by atoms with van der Waals surface area (Å²) >= 11 is 0. The van der Waals surface area contributed by atoms with Gasteiger partial charge in [0.05, 0.1) is 0 Å². The Bertz CT molecular complexity index is 459. The van der Waals surface area contributed by atoms with Gasteiger partial charge in [-0.1, -0.05) is 12.7 Å². The molecule has 0 aromatic carbocycles. The maximum atomic E-state index is 12.2. The first-order valence-electron chi connectivity index (χ1n) is 6.66. The van der Waals surface area contributed by atoms with Crippen LogP contribution >= 0.6 is 0 Å². The first-order valence-corrected chi connectivity index (χ1v) is 6.66. The van der Waals surface area contributed by atoms with E-state index in [1.165, 1.54) is 17.1 Å². The maximum absolute atomic E-state index is 12.2. The number of hydrogen-bond donors (Lipinski definition) is 1. The lowest BCUT2D eigenvalue weighted by Gasteiger charge is -2.48. The number of piperidine rings is 1. The molecule has 2 amide bonds. The third kappa shape index (κ3) is 2.63. The van der Waals surface area contributed by atoms with Gasteiger partial charge >= 0.3 is 0 Å². The fourth-order valence-corrected chi connectivity index (χ4v) is 3.45. The van der Waals surface area contributed by atoms with Gasteiger partial charge in [0.25, 0.3) is 11.8 Å². The Morgan fingerprint density at radius 3 is 2.21 bits per heavy atom. The van der Waals surface area contributed by atoms with Gasteiger partial charge in [-0.25, -0.2) is 0 Å². The van der Waals surface area contributed by atoms with Crippen molar-refractivity contribution in [2.24, 2.45) is 0 Å². The van der Waals surface area contributed by atoms with Crippen molar-refractivity contribution < 1.29 is 9.59 Å². The maximum Gasteiger partial charge on any atom is 0.261 e. The second-order valence-corrected chi connectivity index (χ2v) is 6.77. The predicted molar refractivity (Wildman–Crippen MR) is 74.4 cm³/mol. The third-order valence-corrected chi connectivity index (χ3v) is 3.74. The highest BCUT2D eigenvalue weighted by Crippen LogP contribution is 2.33. The number of imide groups is 1. The summed E-state index contributed by atoms with van der Waals surface area (Å²) in [5.41, 5.74) is 0.215. The first-order chi connectivity index (χ1) is 8.65. The number of carbonyl (C=O) groups excluding carboxylic acids is 2. The average Bonchev–Trinajstić information content (AvgIpc) is 2.48. The van der Waals surface area contributed by atoms with E-state index in [2.05, 4.69) is 39.6 Å². The fourth-order valence-electron chi connectivity index (χ4n) is 3.45. The van der Waals surface area contributed by atoms with E-state index in [1.807, 2.05) is 0 Å². The van der Waals surface area contributed by atoms with Crippen LogP contribution in [0.1, 0.15) is 40.5 Å². The third-order valence-electron chi connectivity index (χ3n) is 3.74. The van der Waals surface area contributed by atoms with Crippen LogP contribution in [-0.4, -0.2) is 33.8 Å². The van der Waals surface area contributed by atoms with Crippen LogP contribution in [0.3, 0.4) is 0 Å². The SMILES string of the molecule is C=CC1=CC(=O)N(C2CC(C)(C)NC(C)(C)C2)C1=O. The molecule has 0 saturated carbocycles. The van der Waals surface area contributed by atoms with Crippen molar-refractivity contribution in [2.45, 2.75) is 57.7 Å². The molecule has 0 aromatic rings. The lowest BCUT2D eigenvalue weighted by Crippen LogP contribution is -2.63. The van der Waals surface area contributed by atoms with E-state index >= 15 is 0 Å². The molecular weight excluding hydrogens is 240 g/mol. The zero-order valence-corrected chi connectivity index (χ0v) is 12.1. The smallest absolute Gasteiger partial charge is 0.261 e. The molecular formula is C15H22N2O2. The second-order valence-electron chi connectivity index (χ2n) is 6.77. The number of nitrogens with one attached hydrogen (secondary N) is 1. The second kappa shape index (κ2) is 4.30. The molecule has 1 N–H and O–H groups in total. The van der Waals surface area contributed by atoms with Crippen LogP contribution in [0.2, 0.25) is 0 Å². The average molecular weight is 262 g/mol. The molecule has 4 heteroatoms. The minimum atomic E-state index is -0.210. The Balaban J connectivity index is 2.26. The standard InChI is InChI=1S/C15H22N2O2/c1-6-10-7-12(18)17(13(10)19)11-8-14(2,3)16-15(4,5)9-11/h6-7,11,16H,1,8-9H2,2-5H3. The zero-order chi connectivity index (χ0) is 14.4. The first kappa shape index (κ1) is 14.0. The highest BCUT2D eigenvalue weighted by molar-refractivity contribution is 6.17. The summed E-state index contributed by atoms with van der Waals surface area (Å²) in [4.78, 5) is 25.7. The van der Waals surface area contributed by atoms with E-state index in [9.17, 15) is 9.59 Å². The molecule has 2 heterocycles. The van der Waals surface area contributed by atoms with Gasteiger partial charge in [0.2, 0.25) is 0 Å². The number of amides is 2. The highest BCUT2D eigenvalue weighted by atomic mass is 16.2. The highest BCUT2D eigenvalue weighted by Gasteiger charge is 2.44. The number of hydrogen-bond acceptors (Lipinski definition) is 3. The van der Waals surface area contributed by atoms with Crippen LogP contribution in [0.5, 0.6) is 0 Å². The fraction of sp³-hybridized carbons (Fsp3) is 0.600. The molecule has 0 radical (unpaired) electrons. The van der Waals surface area contributed by atoms with Crippen molar-refractivity contribution in [1.29, 1.82) is 0 Å². The summed E-state index contributed by atoms with van der Waals surface area (Å²) < 4.78 is 0. The Hall–Kier alpha value is -1.42. The zero-order valence-electron chi connectivity index (χ0n) is 12.1. The van der Waals surface area contributed by atoms with Crippen molar-refractivity contribution in [3.63, 3.8) is 0 Å². The lowest BCUT2D eigenvalue weighted by molar-refractivity contribution is -0.141. The van der Waals surface area contributed by atoms with Gasteiger partial charge in [-0.2, -0.15) is 0 Å². The summed E-state index contributed by atoms with van der Waals surface area (Å²) in [5.74, 6) is -0.420. The van der Waals surface area contributed by atoms with Gasteiger partial charge in [-0.15, -0.1) is 0 Å². The van der Waals surface area contributed by atoms with Crippen LogP contribution in [-0.2, 0) is 9.59 Å². The normalized spacial score (nSPS) is 26.5. The van der Waals surface area contributed by atoms with E-state index < -0.39 is 0 Å². The van der Waals surface area contributed by atoms with Gasteiger partial charge in [-0.3, -0.25) is 14.5 Å². The van der Waals surface area contributed by atoms with Crippen molar-refractivity contribution >= 4 is 11.8 Å². The summed E-state index contributed by atoms with van der Waals surface area (Å²) in [6.45, 7) is 12.0. The van der Waals surface area contributed by atoms with Crippen LogP contribution in [0.25, 0.3) is 0 Å². The summed E-state index contributed by atoms with van der Waals surface area (Å²) in [6.07, 6.45) is 4.38. The van der Waals surface area contributed by atoms with Gasteiger partial charge in [0.15, 0.2) is 0 Å². The van der Waals surface area contributed by atoms with Gasteiger partial charge in [-0.05, 0) is 40.5 Å². The Morgan fingerprint density at radius 2 is 1.79 bits per heavy atom. The van der Waals surface area contributed by atoms with Crippen molar-refractivity contribution in [1.82, 2.24) is 10.2 Å². The largest absolute Gasteiger partial charge is 0.307 e. The minimum absolute atomic E-state index is 0.0556. The molecule has 0 atom stereocenters. The molecule has 0 aliphatic carbocycles. The molecule has 4 nitrogen and oxygen atoms in total. The molecule has 2 rings (SSSR count). The lowest BCUT2D eigenvalue weighted by atomic mass is 9.79. The quantitative estimate of drug-likeness (QED) is 0.772. The Labute approximate surface area is 114 Å². The van der Waals surface area contributed by atoms with Crippen LogP contribution < -0.4 is 5.32 Å². The minimum Gasteiger partial charge on any atom is -0.307 e. The molecule has 0 spiro atoms. The van der Waals surface area contributed by atoms with E-state index in [4.69, 9.17) is 0 Å². The summed E-state index contributed by atoms with van der Waals surface area (Å²) in [5, 5.41) is 3.55. The van der Waals surface area contributed by atoms with Crippen molar-refractivity contribution in [3.8, 4) is 0 Å². The Morgan fingerprint density at radius 1 is 1.26 bits per heavy atom. The number of carbonyl (C=O) groups is 2. The van der Waals surface area contributed by atoms with E-state index in [0.717, 1.165) is 12.8 Å². The summed E-state index contributed by atoms with van der Waals surface area (Å²) in [6, 6.07) is -0.0556. The Kier molecular flexibility index (Phi) is 3.17. The van der Waals surface area contributed by atoms with Gasteiger partial charge < -0.3 is 5.32 Å². The molecule has 0 unspecified atom stereocenters. The number of nitrogens with zero attached hydrogens (tertiary/aromatic N) is 1. The van der Waals surface area contributed by atoms with Crippen LogP contribution in [0.15, 0.2) is 24.3 Å². The summed E-state index contributed by atoms with van der Waals surface area (Å²) in [7, 11) is 0. The van der Waals surface area contributed by atoms with E-state index in [-0.39, 0.29) is 28.9 Å². The van der Waals surface area contributed by atoms with Gasteiger partial charge in [0.1, 0.15) is 0 Å². The monoisotopic (exact) mass is 262 g/mol. The van der Waals surface area contributed by atoms with Crippen LogP contribution in [0.4, 0.5) is 0 Å². The molecule has 2 aliphatic heterocycles.